The van der Waals surface area contributed by atoms with Crippen molar-refractivity contribution in [3.05, 3.63) is 41.7 Å². The van der Waals surface area contributed by atoms with Gasteiger partial charge in [0.1, 0.15) is 17.9 Å². The molecular weight excluding hydrogens is 252 g/mol. The van der Waals surface area contributed by atoms with Crippen LogP contribution >= 0.6 is 0 Å². The molecule has 5 nitrogen and oxygen atoms in total. The Hall–Kier alpha value is -2.61. The highest BCUT2D eigenvalue weighted by Crippen LogP contribution is 2.26. The van der Waals surface area contributed by atoms with Crippen molar-refractivity contribution in [2.45, 2.75) is 26.2 Å². The third-order valence-electron chi connectivity index (χ3n) is 2.86. The number of benzene rings is 1. The SMILES string of the molecule is CCCc1c(N)ncnc1Oc1ccc(CC#N)cc1. The highest BCUT2D eigenvalue weighted by molar-refractivity contribution is 5.46. The van der Waals surface area contributed by atoms with Crippen molar-refractivity contribution in [2.75, 3.05) is 5.73 Å². The van der Waals surface area contributed by atoms with E-state index in [1.54, 1.807) is 0 Å². The normalized spacial score (nSPS) is 10.0. The van der Waals surface area contributed by atoms with Crippen LogP contribution in [0.4, 0.5) is 5.82 Å². The molecule has 1 aromatic heterocycles. The summed E-state index contributed by atoms with van der Waals surface area (Å²) >= 11 is 0. The number of anilines is 1. The Labute approximate surface area is 118 Å². The summed E-state index contributed by atoms with van der Waals surface area (Å²) in [5, 5.41) is 8.64. The highest BCUT2D eigenvalue weighted by atomic mass is 16.5. The number of nitriles is 1. The molecule has 0 bridgehead atoms. The van der Waals surface area contributed by atoms with Crippen molar-refractivity contribution in [2.24, 2.45) is 0 Å². The van der Waals surface area contributed by atoms with Gasteiger partial charge in [-0.15, -0.1) is 0 Å². The number of nitrogens with two attached hydrogens (primary N) is 1. The van der Waals surface area contributed by atoms with E-state index in [-0.39, 0.29) is 0 Å². The number of nitrogens with zero attached hydrogens (tertiary/aromatic N) is 3. The van der Waals surface area contributed by atoms with E-state index in [0.717, 1.165) is 24.0 Å². The molecule has 0 unspecified atom stereocenters. The number of rotatable bonds is 5. The van der Waals surface area contributed by atoms with Crippen molar-refractivity contribution < 1.29 is 4.74 Å². The number of aromatic nitrogens is 2. The molecule has 5 heteroatoms. The Bertz CT molecular complexity index is 617. The minimum atomic E-state index is 0.391. The molecule has 0 aliphatic carbocycles. The Kier molecular flexibility index (Phi) is 4.51. The molecule has 0 atom stereocenters. The van der Waals surface area contributed by atoms with Gasteiger partial charge in [0.15, 0.2) is 0 Å². The molecule has 0 aliphatic rings. The van der Waals surface area contributed by atoms with E-state index < -0.39 is 0 Å². The maximum atomic E-state index is 8.64. The van der Waals surface area contributed by atoms with Crippen LogP contribution < -0.4 is 10.5 Å². The summed E-state index contributed by atoms with van der Waals surface area (Å²) in [4.78, 5) is 8.14. The molecule has 102 valence electrons. The Morgan fingerprint density at radius 2 is 2.00 bits per heavy atom. The monoisotopic (exact) mass is 268 g/mol. The molecule has 0 radical (unpaired) electrons. The van der Waals surface area contributed by atoms with Gasteiger partial charge in [0, 0.05) is 0 Å². The number of nitrogen functional groups attached to an aromatic ring is 1. The van der Waals surface area contributed by atoms with Gasteiger partial charge < -0.3 is 10.5 Å². The van der Waals surface area contributed by atoms with Crippen molar-refractivity contribution in [1.29, 1.82) is 5.26 Å². The van der Waals surface area contributed by atoms with Gasteiger partial charge in [0.05, 0.1) is 18.1 Å². The van der Waals surface area contributed by atoms with Crippen LogP contribution in [0.25, 0.3) is 0 Å². The quantitative estimate of drug-likeness (QED) is 0.901. The fourth-order valence-electron chi connectivity index (χ4n) is 1.86. The lowest BCUT2D eigenvalue weighted by Crippen LogP contribution is -2.02. The lowest BCUT2D eigenvalue weighted by Gasteiger charge is -2.10. The van der Waals surface area contributed by atoms with E-state index in [9.17, 15) is 0 Å². The Morgan fingerprint density at radius 1 is 1.25 bits per heavy atom. The highest BCUT2D eigenvalue weighted by Gasteiger charge is 2.10. The molecule has 2 aromatic rings. The van der Waals surface area contributed by atoms with Crippen LogP contribution in [0.1, 0.15) is 24.5 Å². The Morgan fingerprint density at radius 3 is 2.65 bits per heavy atom. The predicted molar refractivity (Wildman–Crippen MR) is 76.3 cm³/mol. The summed E-state index contributed by atoms with van der Waals surface area (Å²) in [5.41, 5.74) is 7.64. The second-order valence-electron chi connectivity index (χ2n) is 4.37. The van der Waals surface area contributed by atoms with Gasteiger partial charge in [0.2, 0.25) is 5.88 Å². The minimum Gasteiger partial charge on any atom is -0.439 e. The molecule has 0 saturated heterocycles. The minimum absolute atomic E-state index is 0.391. The van der Waals surface area contributed by atoms with Gasteiger partial charge in [-0.05, 0) is 24.1 Å². The fraction of sp³-hybridized carbons (Fsp3) is 0.267. The van der Waals surface area contributed by atoms with Crippen LogP contribution in [0.3, 0.4) is 0 Å². The summed E-state index contributed by atoms with van der Waals surface area (Å²) in [6.45, 7) is 2.06. The number of hydrogen-bond acceptors (Lipinski definition) is 5. The van der Waals surface area contributed by atoms with Crippen LogP contribution in [0, 0.1) is 11.3 Å². The second-order valence-corrected chi connectivity index (χ2v) is 4.37. The first-order valence-corrected chi connectivity index (χ1v) is 6.47. The second kappa shape index (κ2) is 6.53. The third kappa shape index (κ3) is 3.23. The maximum absolute atomic E-state index is 8.64. The van der Waals surface area contributed by atoms with E-state index in [1.807, 2.05) is 24.3 Å². The average molecular weight is 268 g/mol. The zero-order valence-electron chi connectivity index (χ0n) is 11.3. The molecule has 0 fully saturated rings. The molecule has 1 heterocycles. The molecule has 2 rings (SSSR count). The van der Waals surface area contributed by atoms with Crippen molar-refractivity contribution in [3.63, 3.8) is 0 Å². The molecule has 0 amide bonds. The van der Waals surface area contributed by atoms with E-state index in [2.05, 4.69) is 23.0 Å². The van der Waals surface area contributed by atoms with E-state index in [1.165, 1.54) is 6.33 Å². The largest absolute Gasteiger partial charge is 0.439 e. The van der Waals surface area contributed by atoms with Gasteiger partial charge in [-0.2, -0.15) is 5.26 Å². The van der Waals surface area contributed by atoms with Gasteiger partial charge in [-0.3, -0.25) is 0 Å². The maximum Gasteiger partial charge on any atom is 0.227 e. The van der Waals surface area contributed by atoms with Gasteiger partial charge >= 0.3 is 0 Å². The summed E-state index contributed by atoms with van der Waals surface area (Å²) in [6.07, 6.45) is 3.50. The fourth-order valence-corrected chi connectivity index (χ4v) is 1.86. The van der Waals surface area contributed by atoms with E-state index in [0.29, 0.717) is 23.9 Å². The van der Waals surface area contributed by atoms with Crippen molar-refractivity contribution >= 4 is 5.82 Å². The van der Waals surface area contributed by atoms with Crippen LogP contribution in [0.15, 0.2) is 30.6 Å². The van der Waals surface area contributed by atoms with Crippen LogP contribution in [0.2, 0.25) is 0 Å². The van der Waals surface area contributed by atoms with Crippen molar-refractivity contribution in [3.8, 4) is 17.7 Å². The zero-order chi connectivity index (χ0) is 14.4. The van der Waals surface area contributed by atoms with E-state index >= 15 is 0 Å². The molecule has 0 aliphatic heterocycles. The number of hydrogen-bond donors (Lipinski definition) is 1. The van der Waals surface area contributed by atoms with Gasteiger partial charge in [-0.1, -0.05) is 25.5 Å². The summed E-state index contributed by atoms with van der Waals surface area (Å²) in [5.74, 6) is 1.62. The molecule has 2 N–H and O–H groups in total. The molecule has 0 saturated carbocycles. The lowest BCUT2D eigenvalue weighted by atomic mass is 10.1. The first-order valence-electron chi connectivity index (χ1n) is 6.47. The van der Waals surface area contributed by atoms with Crippen LogP contribution in [-0.2, 0) is 12.8 Å². The lowest BCUT2D eigenvalue weighted by molar-refractivity contribution is 0.454. The summed E-state index contributed by atoms with van der Waals surface area (Å²) in [7, 11) is 0. The molecular formula is C15H16N4O. The summed E-state index contributed by atoms with van der Waals surface area (Å²) < 4.78 is 5.76. The van der Waals surface area contributed by atoms with Gasteiger partial charge in [0.25, 0.3) is 0 Å². The predicted octanol–water partition coefficient (Wildman–Crippen LogP) is 2.87. The standard InChI is InChI=1S/C15H16N4O/c1-2-3-13-14(17)18-10-19-15(13)20-12-6-4-11(5-7-12)8-9-16/h4-7,10H,2-3,8H2,1H3,(H2,17,18,19). The first kappa shape index (κ1) is 13.8. The molecule has 1 aromatic carbocycles. The third-order valence-corrected chi connectivity index (χ3v) is 2.86. The smallest absolute Gasteiger partial charge is 0.227 e. The van der Waals surface area contributed by atoms with Crippen molar-refractivity contribution in [1.82, 2.24) is 9.97 Å². The number of ether oxygens (including phenoxy) is 1. The molecule has 0 spiro atoms. The zero-order valence-corrected chi connectivity index (χ0v) is 11.3. The van der Waals surface area contributed by atoms with Gasteiger partial charge in [-0.25, -0.2) is 9.97 Å². The Balaban J connectivity index is 2.21. The molecule has 20 heavy (non-hydrogen) atoms. The average Bonchev–Trinajstić information content (AvgIpc) is 2.45. The topological polar surface area (TPSA) is 84.8 Å². The summed E-state index contributed by atoms with van der Waals surface area (Å²) in [6, 6.07) is 9.48. The van der Waals surface area contributed by atoms with Crippen LogP contribution in [0.5, 0.6) is 11.6 Å². The van der Waals surface area contributed by atoms with E-state index in [4.69, 9.17) is 15.7 Å². The first-order chi connectivity index (χ1) is 9.74. The van der Waals surface area contributed by atoms with Crippen LogP contribution in [-0.4, -0.2) is 9.97 Å².